The lowest BCUT2D eigenvalue weighted by molar-refractivity contribution is 0.0349. The highest BCUT2D eigenvalue weighted by molar-refractivity contribution is 7.10. The second-order valence-electron chi connectivity index (χ2n) is 5.17. The van der Waals surface area contributed by atoms with Gasteiger partial charge in [0.25, 0.3) is 0 Å². The van der Waals surface area contributed by atoms with E-state index in [0.29, 0.717) is 6.54 Å². The number of hydrogen-bond donors (Lipinski definition) is 2. The van der Waals surface area contributed by atoms with Crippen LogP contribution in [-0.4, -0.2) is 49.8 Å². The van der Waals surface area contributed by atoms with E-state index in [9.17, 15) is 4.79 Å². The van der Waals surface area contributed by atoms with Crippen LogP contribution in [0.3, 0.4) is 0 Å². The van der Waals surface area contributed by atoms with Crippen LogP contribution in [0.1, 0.15) is 17.4 Å². The van der Waals surface area contributed by atoms with Crippen LogP contribution in [0.2, 0.25) is 0 Å². The molecular weight excluding hydrogens is 274 g/mol. The molecule has 1 atom stereocenters. The van der Waals surface area contributed by atoms with Crippen molar-refractivity contribution in [2.24, 2.45) is 0 Å². The molecular formula is C14H23N3O2S. The number of thiophene rings is 1. The average Bonchev–Trinajstić information content (AvgIpc) is 2.83. The molecule has 1 fully saturated rings. The number of amides is 2. The minimum absolute atomic E-state index is 0.0986. The summed E-state index contributed by atoms with van der Waals surface area (Å²) < 4.78 is 5.31. The Morgan fingerprint density at radius 3 is 2.90 bits per heavy atom. The maximum atomic E-state index is 11.8. The zero-order chi connectivity index (χ0) is 14.4. The van der Waals surface area contributed by atoms with E-state index in [1.54, 1.807) is 11.3 Å². The minimum Gasteiger partial charge on any atom is -0.379 e. The van der Waals surface area contributed by atoms with Gasteiger partial charge in [-0.3, -0.25) is 4.90 Å². The lowest BCUT2D eigenvalue weighted by Gasteiger charge is -2.29. The first-order chi connectivity index (χ1) is 9.65. The number of urea groups is 1. The van der Waals surface area contributed by atoms with Gasteiger partial charge in [0, 0.05) is 30.6 Å². The number of nitrogens with one attached hydrogen (secondary N) is 2. The van der Waals surface area contributed by atoms with Crippen molar-refractivity contribution < 1.29 is 9.53 Å². The number of hydrogen-bond acceptors (Lipinski definition) is 4. The van der Waals surface area contributed by atoms with Crippen LogP contribution in [-0.2, 0) is 11.3 Å². The minimum atomic E-state index is -0.0986. The maximum absolute atomic E-state index is 11.8. The lowest BCUT2D eigenvalue weighted by Crippen LogP contribution is -2.48. The Hall–Kier alpha value is -1.11. The van der Waals surface area contributed by atoms with E-state index < -0.39 is 0 Å². The van der Waals surface area contributed by atoms with Crippen LogP contribution in [0.4, 0.5) is 4.79 Å². The van der Waals surface area contributed by atoms with Crippen molar-refractivity contribution in [1.29, 1.82) is 0 Å². The second-order valence-corrected chi connectivity index (χ2v) is 6.17. The summed E-state index contributed by atoms with van der Waals surface area (Å²) in [4.78, 5) is 15.4. The number of rotatable bonds is 5. The summed E-state index contributed by atoms with van der Waals surface area (Å²) in [6.07, 6.45) is 0. The second kappa shape index (κ2) is 7.61. The monoisotopic (exact) mass is 297 g/mol. The highest BCUT2D eigenvalue weighted by atomic mass is 32.1. The summed E-state index contributed by atoms with van der Waals surface area (Å²) >= 11 is 1.67. The first kappa shape index (κ1) is 15.3. The van der Waals surface area contributed by atoms with E-state index in [1.165, 1.54) is 10.4 Å². The van der Waals surface area contributed by atoms with Gasteiger partial charge < -0.3 is 15.4 Å². The molecule has 6 heteroatoms. The molecule has 0 unspecified atom stereocenters. The molecule has 1 aliphatic heterocycles. The van der Waals surface area contributed by atoms with Crippen molar-refractivity contribution in [3.63, 3.8) is 0 Å². The number of morpholine rings is 1. The third kappa shape index (κ3) is 4.77. The van der Waals surface area contributed by atoms with Gasteiger partial charge in [-0.05, 0) is 30.9 Å². The first-order valence-corrected chi connectivity index (χ1v) is 7.90. The zero-order valence-corrected chi connectivity index (χ0v) is 13.0. The number of nitrogens with zero attached hydrogens (tertiary/aromatic N) is 1. The smallest absolute Gasteiger partial charge is 0.315 e. The normalized spacial score (nSPS) is 17.7. The molecule has 20 heavy (non-hydrogen) atoms. The quantitative estimate of drug-likeness (QED) is 0.867. The third-order valence-corrected chi connectivity index (χ3v) is 4.41. The highest BCUT2D eigenvalue weighted by Gasteiger charge is 2.15. The Kier molecular flexibility index (Phi) is 5.82. The fourth-order valence-corrected chi connectivity index (χ4v) is 3.08. The summed E-state index contributed by atoms with van der Waals surface area (Å²) in [5, 5.41) is 7.94. The van der Waals surface area contributed by atoms with E-state index in [2.05, 4.69) is 28.5 Å². The van der Waals surface area contributed by atoms with Crippen LogP contribution in [0, 0.1) is 6.92 Å². The predicted octanol–water partition coefficient (Wildman–Crippen LogP) is 1.58. The molecule has 0 spiro atoms. The van der Waals surface area contributed by atoms with Gasteiger partial charge in [0.05, 0.1) is 19.8 Å². The van der Waals surface area contributed by atoms with E-state index in [0.717, 1.165) is 32.8 Å². The van der Waals surface area contributed by atoms with Gasteiger partial charge in [-0.15, -0.1) is 11.3 Å². The van der Waals surface area contributed by atoms with Gasteiger partial charge >= 0.3 is 6.03 Å². The van der Waals surface area contributed by atoms with E-state index >= 15 is 0 Å². The van der Waals surface area contributed by atoms with E-state index in [-0.39, 0.29) is 12.1 Å². The molecule has 1 aliphatic rings. The molecule has 0 bridgehead atoms. The van der Waals surface area contributed by atoms with Crippen LogP contribution in [0.25, 0.3) is 0 Å². The van der Waals surface area contributed by atoms with Gasteiger partial charge in [0.2, 0.25) is 0 Å². The van der Waals surface area contributed by atoms with Gasteiger partial charge in [0.15, 0.2) is 0 Å². The molecule has 5 nitrogen and oxygen atoms in total. The molecule has 1 aromatic heterocycles. The first-order valence-electron chi connectivity index (χ1n) is 7.02. The maximum Gasteiger partial charge on any atom is 0.315 e. The van der Waals surface area contributed by atoms with Crippen molar-refractivity contribution in [3.8, 4) is 0 Å². The predicted molar refractivity (Wildman–Crippen MR) is 81.1 cm³/mol. The molecule has 0 saturated carbocycles. The largest absolute Gasteiger partial charge is 0.379 e. The standard InChI is InChI=1S/C14H23N3O2S/c1-11-3-8-20-13(11)9-15-14(18)16-12(2)10-17-4-6-19-7-5-17/h3,8,12H,4-7,9-10H2,1-2H3,(H2,15,16,18)/t12-/m1/s1. The van der Waals surface area contributed by atoms with Crippen molar-refractivity contribution in [2.75, 3.05) is 32.8 Å². The number of ether oxygens (including phenoxy) is 1. The molecule has 0 aromatic carbocycles. The van der Waals surface area contributed by atoms with Gasteiger partial charge in [0.1, 0.15) is 0 Å². The molecule has 2 heterocycles. The average molecular weight is 297 g/mol. The summed E-state index contributed by atoms with van der Waals surface area (Å²) in [7, 11) is 0. The Bertz CT molecular complexity index is 430. The van der Waals surface area contributed by atoms with Crippen LogP contribution >= 0.6 is 11.3 Å². The van der Waals surface area contributed by atoms with Crippen molar-refractivity contribution in [2.45, 2.75) is 26.4 Å². The number of carbonyl (C=O) groups is 1. The van der Waals surface area contributed by atoms with Crippen molar-refractivity contribution in [3.05, 3.63) is 21.9 Å². The highest BCUT2D eigenvalue weighted by Crippen LogP contribution is 2.14. The Morgan fingerprint density at radius 2 is 2.25 bits per heavy atom. The summed E-state index contributed by atoms with van der Waals surface area (Å²) in [5.74, 6) is 0. The summed E-state index contributed by atoms with van der Waals surface area (Å²) in [5.41, 5.74) is 1.23. The number of aryl methyl sites for hydroxylation is 1. The Balaban J connectivity index is 1.66. The fraction of sp³-hybridized carbons (Fsp3) is 0.643. The SMILES string of the molecule is Cc1ccsc1CNC(=O)N[C@H](C)CN1CCOCC1. The van der Waals surface area contributed by atoms with E-state index in [1.807, 2.05) is 12.3 Å². The van der Waals surface area contributed by atoms with E-state index in [4.69, 9.17) is 4.74 Å². The van der Waals surface area contributed by atoms with Gasteiger partial charge in [-0.1, -0.05) is 0 Å². The zero-order valence-electron chi connectivity index (χ0n) is 12.1. The van der Waals surface area contributed by atoms with Crippen LogP contribution in [0.5, 0.6) is 0 Å². The summed E-state index contributed by atoms with van der Waals surface area (Å²) in [6.45, 7) is 9.03. The van der Waals surface area contributed by atoms with Gasteiger partial charge in [-0.25, -0.2) is 4.79 Å². The summed E-state index contributed by atoms with van der Waals surface area (Å²) in [6, 6.07) is 2.11. The third-order valence-electron chi connectivity index (χ3n) is 3.39. The molecule has 0 aliphatic carbocycles. The molecule has 1 saturated heterocycles. The van der Waals surface area contributed by atoms with Gasteiger partial charge in [-0.2, -0.15) is 0 Å². The molecule has 2 amide bonds. The fourth-order valence-electron chi connectivity index (χ4n) is 2.24. The number of carbonyl (C=O) groups excluding carboxylic acids is 1. The van der Waals surface area contributed by atoms with Crippen molar-refractivity contribution >= 4 is 17.4 Å². The topological polar surface area (TPSA) is 53.6 Å². The molecule has 2 rings (SSSR count). The lowest BCUT2D eigenvalue weighted by atomic mass is 10.3. The molecule has 1 aromatic rings. The Morgan fingerprint density at radius 1 is 1.50 bits per heavy atom. The molecule has 0 radical (unpaired) electrons. The molecule has 2 N–H and O–H groups in total. The Labute approximate surface area is 124 Å². The van der Waals surface area contributed by atoms with Crippen molar-refractivity contribution in [1.82, 2.24) is 15.5 Å². The van der Waals surface area contributed by atoms with Crippen LogP contribution < -0.4 is 10.6 Å². The van der Waals surface area contributed by atoms with Crippen LogP contribution in [0.15, 0.2) is 11.4 Å². The molecule has 112 valence electrons.